The van der Waals surface area contributed by atoms with E-state index >= 15 is 0 Å². The van der Waals surface area contributed by atoms with Crippen LogP contribution < -0.4 is 5.32 Å². The number of carbonyl (C=O) groups excluding carboxylic acids is 1. The van der Waals surface area contributed by atoms with Crippen molar-refractivity contribution in [3.05, 3.63) is 59.2 Å². The summed E-state index contributed by atoms with van der Waals surface area (Å²) >= 11 is 0. The second-order valence-electron chi connectivity index (χ2n) is 8.99. The number of fused-ring (bicyclic) bond motifs is 4. The minimum Gasteiger partial charge on any atom is -0.481 e. The molecule has 1 aromatic carbocycles. The normalized spacial score (nSPS) is 27.0. The highest BCUT2D eigenvalue weighted by atomic mass is 19.1. The van der Waals surface area contributed by atoms with Gasteiger partial charge in [-0.1, -0.05) is 12.1 Å². The Balaban J connectivity index is 1.24. The van der Waals surface area contributed by atoms with E-state index in [1.165, 1.54) is 17.8 Å². The molecule has 30 heavy (non-hydrogen) atoms. The molecule has 2 heterocycles. The van der Waals surface area contributed by atoms with Crippen LogP contribution >= 0.6 is 0 Å². The van der Waals surface area contributed by atoms with Gasteiger partial charge in [0.1, 0.15) is 5.82 Å². The number of nitrogens with zero attached hydrogens (tertiary/aromatic N) is 2. The standard InChI is InChI=1S/C23H24FN3O3/c24-17-11-15-13-27(14-19(15)25-12-17)21(30)26-18-3-1-16(2-4-18)22-5-8-23(9-6-22,10-7-22)20(28)29/h1-4,11-12H,5-10,13-14H2,(H,26,30)(H,28,29). The number of benzene rings is 1. The Bertz CT molecular complexity index is 996. The third-order valence-electron chi connectivity index (χ3n) is 7.46. The predicted octanol–water partition coefficient (Wildman–Crippen LogP) is 4.45. The molecule has 6 rings (SSSR count). The molecule has 2 N–H and O–H groups in total. The summed E-state index contributed by atoms with van der Waals surface area (Å²) < 4.78 is 13.3. The van der Waals surface area contributed by atoms with Gasteiger partial charge in [-0.15, -0.1) is 0 Å². The molecule has 0 unspecified atom stereocenters. The molecular weight excluding hydrogens is 385 g/mol. The maximum Gasteiger partial charge on any atom is 0.322 e. The number of nitrogens with one attached hydrogen (secondary N) is 1. The van der Waals surface area contributed by atoms with E-state index in [4.69, 9.17) is 0 Å². The maximum absolute atomic E-state index is 13.3. The van der Waals surface area contributed by atoms with Gasteiger partial charge in [-0.2, -0.15) is 0 Å². The number of rotatable bonds is 3. The number of aromatic nitrogens is 1. The lowest BCUT2D eigenvalue weighted by molar-refractivity contribution is -0.156. The van der Waals surface area contributed by atoms with E-state index in [1.54, 1.807) is 4.90 Å². The number of carboxylic acids is 1. The van der Waals surface area contributed by atoms with Crippen LogP contribution in [-0.2, 0) is 23.3 Å². The molecule has 0 radical (unpaired) electrons. The van der Waals surface area contributed by atoms with Crippen molar-refractivity contribution in [2.75, 3.05) is 5.32 Å². The molecule has 1 aliphatic heterocycles. The zero-order chi connectivity index (χ0) is 20.9. The van der Waals surface area contributed by atoms with Gasteiger partial charge in [-0.25, -0.2) is 9.18 Å². The number of hydrogen-bond donors (Lipinski definition) is 2. The number of amides is 2. The van der Waals surface area contributed by atoms with Crippen LogP contribution in [-0.4, -0.2) is 27.0 Å². The van der Waals surface area contributed by atoms with E-state index in [0.29, 0.717) is 18.8 Å². The summed E-state index contributed by atoms with van der Waals surface area (Å²) in [5.74, 6) is -1.03. The van der Waals surface area contributed by atoms with Crippen molar-refractivity contribution in [2.45, 2.75) is 57.0 Å². The van der Waals surface area contributed by atoms with Crippen LogP contribution in [0.15, 0.2) is 36.5 Å². The van der Waals surface area contributed by atoms with Crippen LogP contribution in [0.4, 0.5) is 14.9 Å². The number of carboxylic acid groups (broad SMARTS) is 1. The van der Waals surface area contributed by atoms with E-state index < -0.39 is 17.2 Å². The third-order valence-corrected chi connectivity index (χ3v) is 7.46. The second-order valence-corrected chi connectivity index (χ2v) is 8.99. The second kappa shape index (κ2) is 6.79. The Hall–Kier alpha value is -2.96. The van der Waals surface area contributed by atoms with E-state index in [2.05, 4.69) is 22.4 Å². The van der Waals surface area contributed by atoms with Gasteiger partial charge in [-0.05, 0) is 73.3 Å². The summed E-state index contributed by atoms with van der Waals surface area (Å²) in [7, 11) is 0. The molecule has 3 aliphatic carbocycles. The van der Waals surface area contributed by atoms with Crippen molar-refractivity contribution in [3.8, 4) is 0 Å². The van der Waals surface area contributed by atoms with E-state index in [-0.39, 0.29) is 11.4 Å². The highest BCUT2D eigenvalue weighted by Gasteiger charge is 2.53. The Morgan fingerprint density at radius 2 is 1.70 bits per heavy atom. The first-order valence-electron chi connectivity index (χ1n) is 10.4. The quantitative estimate of drug-likeness (QED) is 0.785. The monoisotopic (exact) mass is 409 g/mol. The molecule has 7 heteroatoms. The average Bonchev–Trinajstić information content (AvgIpc) is 3.19. The Kier molecular flexibility index (Phi) is 4.31. The molecule has 2 aromatic rings. The van der Waals surface area contributed by atoms with Gasteiger partial charge in [0.15, 0.2) is 0 Å². The fourth-order valence-corrected chi connectivity index (χ4v) is 5.42. The lowest BCUT2D eigenvalue weighted by atomic mass is 9.52. The number of urea groups is 1. The first-order valence-corrected chi connectivity index (χ1v) is 10.4. The summed E-state index contributed by atoms with van der Waals surface area (Å²) in [5, 5.41) is 12.5. The summed E-state index contributed by atoms with van der Waals surface area (Å²) in [5.41, 5.74) is 2.96. The van der Waals surface area contributed by atoms with E-state index in [0.717, 1.165) is 49.8 Å². The van der Waals surface area contributed by atoms with Crippen molar-refractivity contribution in [1.29, 1.82) is 0 Å². The van der Waals surface area contributed by atoms with E-state index in [1.807, 2.05) is 12.1 Å². The highest BCUT2D eigenvalue weighted by molar-refractivity contribution is 5.89. The van der Waals surface area contributed by atoms with Gasteiger partial charge in [0.2, 0.25) is 0 Å². The van der Waals surface area contributed by atoms with Gasteiger partial charge in [0.05, 0.1) is 23.9 Å². The van der Waals surface area contributed by atoms with Crippen molar-refractivity contribution in [1.82, 2.24) is 9.88 Å². The number of hydrogen-bond acceptors (Lipinski definition) is 3. The number of aliphatic carboxylic acids is 1. The lowest BCUT2D eigenvalue weighted by Crippen LogP contribution is -2.47. The van der Waals surface area contributed by atoms with Crippen molar-refractivity contribution >= 4 is 17.7 Å². The molecule has 3 fully saturated rings. The first-order chi connectivity index (χ1) is 14.4. The van der Waals surface area contributed by atoms with Crippen molar-refractivity contribution < 1.29 is 19.1 Å². The Labute approximate surface area is 174 Å². The molecule has 0 saturated heterocycles. The SMILES string of the molecule is O=C(Nc1ccc(C23CCC(C(=O)O)(CC2)CC3)cc1)N1Cc2cc(F)cnc2C1. The van der Waals surface area contributed by atoms with E-state index in [9.17, 15) is 19.1 Å². The summed E-state index contributed by atoms with van der Waals surface area (Å²) in [4.78, 5) is 29.9. The smallest absolute Gasteiger partial charge is 0.322 e. The van der Waals surface area contributed by atoms with Gasteiger partial charge in [-0.3, -0.25) is 9.78 Å². The number of pyridine rings is 1. The molecule has 0 spiro atoms. The Morgan fingerprint density at radius 3 is 2.33 bits per heavy atom. The molecule has 0 atom stereocenters. The van der Waals surface area contributed by atoms with Crippen LogP contribution in [0.25, 0.3) is 0 Å². The number of carbonyl (C=O) groups is 2. The molecule has 3 saturated carbocycles. The molecule has 2 bridgehead atoms. The molecule has 6 nitrogen and oxygen atoms in total. The van der Waals surface area contributed by atoms with Crippen LogP contribution in [0.2, 0.25) is 0 Å². The molecule has 156 valence electrons. The topological polar surface area (TPSA) is 82.5 Å². The third kappa shape index (κ3) is 3.04. The van der Waals surface area contributed by atoms with Crippen LogP contribution in [0.3, 0.4) is 0 Å². The molecule has 1 aromatic heterocycles. The van der Waals surface area contributed by atoms with Crippen LogP contribution in [0.5, 0.6) is 0 Å². The number of halogens is 1. The molecule has 4 aliphatic rings. The predicted molar refractivity (Wildman–Crippen MR) is 108 cm³/mol. The average molecular weight is 409 g/mol. The zero-order valence-corrected chi connectivity index (χ0v) is 16.7. The van der Waals surface area contributed by atoms with Gasteiger partial charge >= 0.3 is 12.0 Å². The lowest BCUT2D eigenvalue weighted by Gasteiger charge is -2.51. The number of anilines is 1. The van der Waals surface area contributed by atoms with Crippen LogP contribution in [0.1, 0.15) is 55.3 Å². The molecular formula is C23H24FN3O3. The first kappa shape index (κ1) is 19.0. The Morgan fingerprint density at radius 1 is 1.03 bits per heavy atom. The fourth-order valence-electron chi connectivity index (χ4n) is 5.42. The minimum absolute atomic E-state index is 0.0616. The van der Waals surface area contributed by atoms with Gasteiger partial charge in [0, 0.05) is 12.2 Å². The molecule has 2 amide bonds. The fraction of sp³-hybridized carbons (Fsp3) is 0.435. The summed E-state index contributed by atoms with van der Waals surface area (Å²) in [6.07, 6.45) is 6.11. The summed E-state index contributed by atoms with van der Waals surface area (Å²) in [6.45, 7) is 0.715. The minimum atomic E-state index is -0.643. The van der Waals surface area contributed by atoms with Crippen LogP contribution in [0, 0.1) is 11.2 Å². The van der Waals surface area contributed by atoms with Crippen molar-refractivity contribution in [3.63, 3.8) is 0 Å². The summed E-state index contributed by atoms with van der Waals surface area (Å²) in [6, 6.07) is 9.14. The van der Waals surface area contributed by atoms with Gasteiger partial charge in [0.25, 0.3) is 0 Å². The van der Waals surface area contributed by atoms with Crippen molar-refractivity contribution in [2.24, 2.45) is 5.41 Å². The maximum atomic E-state index is 13.3. The van der Waals surface area contributed by atoms with Gasteiger partial charge < -0.3 is 15.3 Å². The highest BCUT2D eigenvalue weighted by Crippen LogP contribution is 2.57. The largest absolute Gasteiger partial charge is 0.481 e. The zero-order valence-electron chi connectivity index (χ0n) is 16.7.